The zero-order valence-electron chi connectivity index (χ0n) is 14.8. The number of nitrogens with zero attached hydrogens (tertiary/aromatic N) is 3. The summed E-state index contributed by atoms with van der Waals surface area (Å²) < 4.78 is 0. The van der Waals surface area contributed by atoms with E-state index in [-0.39, 0.29) is 24.3 Å². The van der Waals surface area contributed by atoms with Crippen molar-refractivity contribution < 1.29 is 14.4 Å². The first-order valence-electron chi connectivity index (χ1n) is 9.02. The number of amides is 3. The lowest BCUT2D eigenvalue weighted by Gasteiger charge is -2.25. The van der Waals surface area contributed by atoms with Crippen LogP contribution in [0.15, 0.2) is 48.8 Å². The number of hydrogen-bond donors (Lipinski definition) is 1. The third-order valence-electron chi connectivity index (χ3n) is 5.00. The van der Waals surface area contributed by atoms with Gasteiger partial charge in [0.15, 0.2) is 0 Å². The molecule has 2 aromatic rings. The normalized spacial score (nSPS) is 18.7. The molecule has 0 bridgehead atoms. The third kappa shape index (κ3) is 3.28. The summed E-state index contributed by atoms with van der Waals surface area (Å²) in [5.41, 5.74) is 1.85. The van der Waals surface area contributed by atoms with E-state index in [1.807, 2.05) is 6.07 Å². The maximum Gasteiger partial charge on any atom is 0.256 e. The van der Waals surface area contributed by atoms with Gasteiger partial charge < -0.3 is 15.1 Å². The monoisotopic (exact) mass is 364 g/mol. The van der Waals surface area contributed by atoms with Crippen molar-refractivity contribution in [1.82, 2.24) is 15.2 Å². The van der Waals surface area contributed by atoms with Gasteiger partial charge in [-0.05, 0) is 36.6 Å². The lowest BCUT2D eigenvalue weighted by atomic mass is 10.1. The summed E-state index contributed by atoms with van der Waals surface area (Å²) in [5, 5.41) is 2.82. The molecule has 1 N–H and O–H groups in total. The second-order valence-electron chi connectivity index (χ2n) is 6.74. The van der Waals surface area contributed by atoms with Crippen LogP contribution in [0.4, 0.5) is 5.69 Å². The summed E-state index contributed by atoms with van der Waals surface area (Å²) in [7, 11) is 0. The smallest absolute Gasteiger partial charge is 0.256 e. The quantitative estimate of drug-likeness (QED) is 0.888. The molecule has 7 nitrogen and oxygen atoms in total. The van der Waals surface area contributed by atoms with Gasteiger partial charge >= 0.3 is 0 Å². The Bertz CT molecular complexity index is 884. The van der Waals surface area contributed by atoms with Crippen molar-refractivity contribution >= 4 is 23.4 Å². The average molecular weight is 364 g/mol. The minimum absolute atomic E-state index is 0.117. The molecule has 0 saturated carbocycles. The maximum absolute atomic E-state index is 13.1. The van der Waals surface area contributed by atoms with E-state index in [9.17, 15) is 14.4 Å². The van der Waals surface area contributed by atoms with Gasteiger partial charge in [-0.2, -0.15) is 0 Å². The fraction of sp³-hybridized carbons (Fsp3) is 0.300. The van der Waals surface area contributed by atoms with E-state index in [0.717, 1.165) is 12.0 Å². The molecule has 3 amide bonds. The summed E-state index contributed by atoms with van der Waals surface area (Å²) in [4.78, 5) is 45.5. The highest BCUT2D eigenvalue weighted by molar-refractivity contribution is 6.12. The number of carbonyl (C=O) groups is 3. The fourth-order valence-electron chi connectivity index (χ4n) is 3.68. The Balaban J connectivity index is 1.56. The summed E-state index contributed by atoms with van der Waals surface area (Å²) in [6, 6.07) is 10.2. The minimum Gasteiger partial charge on any atom is -0.350 e. The lowest BCUT2D eigenvalue weighted by molar-refractivity contribution is -0.125. The first kappa shape index (κ1) is 17.2. The topological polar surface area (TPSA) is 82.6 Å². The molecule has 138 valence electrons. The van der Waals surface area contributed by atoms with E-state index < -0.39 is 6.04 Å². The van der Waals surface area contributed by atoms with Crippen LogP contribution in [-0.2, 0) is 16.1 Å². The molecule has 7 heteroatoms. The van der Waals surface area contributed by atoms with Crippen LogP contribution >= 0.6 is 0 Å². The number of rotatable bonds is 4. The molecular formula is C20H20N4O3. The van der Waals surface area contributed by atoms with Crippen LogP contribution in [0.3, 0.4) is 0 Å². The molecule has 0 aliphatic carbocycles. The predicted molar refractivity (Wildman–Crippen MR) is 98.9 cm³/mol. The van der Waals surface area contributed by atoms with Crippen LogP contribution in [0.2, 0.25) is 0 Å². The number of pyridine rings is 1. The van der Waals surface area contributed by atoms with Crippen molar-refractivity contribution in [2.24, 2.45) is 0 Å². The van der Waals surface area contributed by atoms with Gasteiger partial charge in [0.05, 0.1) is 11.3 Å². The van der Waals surface area contributed by atoms with Gasteiger partial charge in [-0.3, -0.25) is 19.4 Å². The summed E-state index contributed by atoms with van der Waals surface area (Å²) >= 11 is 0. The highest BCUT2D eigenvalue weighted by Crippen LogP contribution is 2.32. The number of nitrogens with one attached hydrogen (secondary N) is 1. The molecule has 4 rings (SSSR count). The number of benzene rings is 1. The highest BCUT2D eigenvalue weighted by Gasteiger charge is 2.42. The second-order valence-corrected chi connectivity index (χ2v) is 6.74. The number of anilines is 1. The van der Waals surface area contributed by atoms with Gasteiger partial charge in [-0.1, -0.05) is 18.2 Å². The predicted octanol–water partition coefficient (Wildman–Crippen LogP) is 1.35. The Morgan fingerprint density at radius 1 is 1.19 bits per heavy atom. The van der Waals surface area contributed by atoms with Crippen molar-refractivity contribution in [3.8, 4) is 0 Å². The summed E-state index contributed by atoms with van der Waals surface area (Å²) in [6.45, 7) is 0.795. The SMILES string of the molecule is O=C(CN1C(=O)[C@H]2CCCN2C(=O)c2ccccc21)NCc1cccnc1. The second kappa shape index (κ2) is 7.19. The fourth-order valence-corrected chi connectivity index (χ4v) is 3.68. The van der Waals surface area contributed by atoms with Crippen molar-refractivity contribution in [2.45, 2.75) is 25.4 Å². The van der Waals surface area contributed by atoms with Gasteiger partial charge in [0, 0.05) is 25.5 Å². The van der Waals surface area contributed by atoms with Gasteiger partial charge in [0.25, 0.3) is 5.91 Å². The van der Waals surface area contributed by atoms with Crippen molar-refractivity contribution in [1.29, 1.82) is 0 Å². The van der Waals surface area contributed by atoms with Gasteiger partial charge in [-0.15, -0.1) is 0 Å². The largest absolute Gasteiger partial charge is 0.350 e. The van der Waals surface area contributed by atoms with E-state index >= 15 is 0 Å². The van der Waals surface area contributed by atoms with Gasteiger partial charge in [-0.25, -0.2) is 0 Å². The van der Waals surface area contributed by atoms with E-state index in [4.69, 9.17) is 0 Å². The van der Waals surface area contributed by atoms with E-state index in [1.54, 1.807) is 47.6 Å². The van der Waals surface area contributed by atoms with Crippen LogP contribution < -0.4 is 10.2 Å². The summed E-state index contributed by atoms with van der Waals surface area (Å²) in [5.74, 6) is -0.608. The standard InChI is InChI=1S/C20H20N4O3/c25-18(22-12-14-5-3-9-21-11-14)13-24-16-7-2-1-6-15(16)19(26)23-10-4-8-17(23)20(24)27/h1-3,5-7,9,11,17H,4,8,10,12-13H2,(H,22,25)/t17-/m1/s1. The Labute approximate surface area is 157 Å². The number of carbonyl (C=O) groups excluding carboxylic acids is 3. The zero-order valence-corrected chi connectivity index (χ0v) is 14.8. The molecule has 2 aliphatic heterocycles. The third-order valence-corrected chi connectivity index (χ3v) is 5.00. The van der Waals surface area contributed by atoms with E-state index in [1.165, 1.54) is 4.90 Å². The lowest BCUT2D eigenvalue weighted by Crippen LogP contribution is -2.48. The zero-order chi connectivity index (χ0) is 18.8. The van der Waals surface area contributed by atoms with Crippen LogP contribution in [0.25, 0.3) is 0 Å². The Morgan fingerprint density at radius 2 is 2.04 bits per heavy atom. The number of hydrogen-bond acceptors (Lipinski definition) is 4. The first-order chi connectivity index (χ1) is 13.1. The Morgan fingerprint density at radius 3 is 2.85 bits per heavy atom. The molecule has 1 aromatic carbocycles. The molecular weight excluding hydrogens is 344 g/mol. The van der Waals surface area contributed by atoms with E-state index in [2.05, 4.69) is 10.3 Å². The Kier molecular flexibility index (Phi) is 4.58. The molecule has 1 aromatic heterocycles. The molecule has 1 atom stereocenters. The van der Waals surface area contributed by atoms with Gasteiger partial charge in [0.2, 0.25) is 11.8 Å². The molecule has 0 radical (unpaired) electrons. The van der Waals surface area contributed by atoms with Gasteiger partial charge in [0.1, 0.15) is 12.6 Å². The first-order valence-corrected chi connectivity index (χ1v) is 9.02. The molecule has 2 aliphatic rings. The van der Waals surface area contributed by atoms with Crippen molar-refractivity contribution in [3.63, 3.8) is 0 Å². The van der Waals surface area contributed by atoms with Crippen molar-refractivity contribution in [3.05, 3.63) is 59.9 Å². The molecule has 0 spiro atoms. The average Bonchev–Trinajstić information content (AvgIpc) is 3.17. The maximum atomic E-state index is 13.1. The van der Waals surface area contributed by atoms with Crippen LogP contribution in [0.1, 0.15) is 28.8 Å². The summed E-state index contributed by atoms with van der Waals surface area (Å²) in [6.07, 6.45) is 4.78. The minimum atomic E-state index is -0.490. The van der Waals surface area contributed by atoms with Crippen molar-refractivity contribution in [2.75, 3.05) is 18.0 Å². The highest BCUT2D eigenvalue weighted by atomic mass is 16.2. The number of para-hydroxylation sites is 1. The molecule has 1 fully saturated rings. The molecule has 0 unspecified atom stereocenters. The number of aromatic nitrogens is 1. The van der Waals surface area contributed by atoms with Crippen LogP contribution in [-0.4, -0.2) is 46.7 Å². The van der Waals surface area contributed by atoms with Crippen LogP contribution in [0.5, 0.6) is 0 Å². The molecule has 27 heavy (non-hydrogen) atoms. The Hall–Kier alpha value is -3.22. The molecule has 1 saturated heterocycles. The molecule has 3 heterocycles. The van der Waals surface area contributed by atoms with E-state index in [0.29, 0.717) is 30.8 Å². The van der Waals surface area contributed by atoms with Crippen LogP contribution in [0, 0.1) is 0 Å². The number of fused-ring (bicyclic) bond motifs is 2.